The minimum atomic E-state index is -0.659. The molecule has 3 heteroatoms. The summed E-state index contributed by atoms with van der Waals surface area (Å²) < 4.78 is 5.88. The lowest BCUT2D eigenvalue weighted by Crippen LogP contribution is -2.25. The van der Waals surface area contributed by atoms with Crippen LogP contribution in [0.25, 0.3) is 0 Å². The SMILES string of the molecule is CCc1ccc(COC2CCC(C(=O)O)CC2)cc1. The lowest BCUT2D eigenvalue weighted by Gasteiger charge is -2.26. The van der Waals surface area contributed by atoms with Crippen LogP contribution >= 0.6 is 0 Å². The Morgan fingerprint density at radius 2 is 1.74 bits per heavy atom. The van der Waals surface area contributed by atoms with Crippen LogP contribution < -0.4 is 0 Å². The number of carboxylic acids is 1. The molecule has 1 aromatic carbocycles. The van der Waals surface area contributed by atoms with E-state index in [-0.39, 0.29) is 12.0 Å². The predicted octanol–water partition coefficient (Wildman–Crippen LogP) is 3.41. The average Bonchev–Trinajstić information content (AvgIpc) is 2.46. The van der Waals surface area contributed by atoms with Crippen LogP contribution in [0, 0.1) is 5.92 Å². The zero-order chi connectivity index (χ0) is 13.7. The van der Waals surface area contributed by atoms with Gasteiger partial charge in [0.05, 0.1) is 18.6 Å². The largest absolute Gasteiger partial charge is 0.481 e. The summed E-state index contributed by atoms with van der Waals surface area (Å²) in [6.45, 7) is 2.78. The third-order valence-electron chi connectivity index (χ3n) is 3.94. The second-order valence-electron chi connectivity index (χ2n) is 5.29. The average molecular weight is 262 g/mol. The van der Waals surface area contributed by atoms with E-state index in [1.807, 2.05) is 0 Å². The summed E-state index contributed by atoms with van der Waals surface area (Å²) in [4.78, 5) is 10.9. The lowest BCUT2D eigenvalue weighted by atomic mass is 9.87. The fourth-order valence-electron chi connectivity index (χ4n) is 2.56. The van der Waals surface area contributed by atoms with Crippen molar-refractivity contribution in [1.29, 1.82) is 0 Å². The number of rotatable bonds is 5. The monoisotopic (exact) mass is 262 g/mol. The minimum absolute atomic E-state index is 0.163. The van der Waals surface area contributed by atoms with Crippen molar-refractivity contribution in [2.45, 2.75) is 51.7 Å². The normalized spacial score (nSPS) is 23.2. The first-order valence-corrected chi connectivity index (χ1v) is 7.11. The van der Waals surface area contributed by atoms with Gasteiger partial charge in [-0.1, -0.05) is 31.2 Å². The van der Waals surface area contributed by atoms with E-state index in [2.05, 4.69) is 31.2 Å². The standard InChI is InChI=1S/C16H22O3/c1-2-12-3-5-13(6-4-12)11-19-15-9-7-14(8-10-15)16(17)18/h3-6,14-15H,2,7-11H2,1H3,(H,17,18). The molecular weight excluding hydrogens is 240 g/mol. The topological polar surface area (TPSA) is 46.5 Å². The molecule has 0 aliphatic heterocycles. The van der Waals surface area contributed by atoms with Gasteiger partial charge in [0.25, 0.3) is 0 Å². The molecule has 0 unspecified atom stereocenters. The van der Waals surface area contributed by atoms with Gasteiger partial charge in [-0.3, -0.25) is 4.79 Å². The fraction of sp³-hybridized carbons (Fsp3) is 0.562. The van der Waals surface area contributed by atoms with E-state index in [0.717, 1.165) is 32.1 Å². The first-order chi connectivity index (χ1) is 9.19. The molecule has 1 aliphatic rings. The Morgan fingerprint density at radius 3 is 2.26 bits per heavy atom. The summed E-state index contributed by atoms with van der Waals surface area (Å²) in [6, 6.07) is 8.50. The number of benzene rings is 1. The Balaban J connectivity index is 1.75. The molecule has 0 spiro atoms. The molecule has 0 atom stereocenters. The summed E-state index contributed by atoms with van der Waals surface area (Å²) in [7, 11) is 0. The molecule has 0 heterocycles. The second-order valence-corrected chi connectivity index (χ2v) is 5.29. The number of aliphatic carboxylic acids is 1. The Labute approximate surface area is 114 Å². The molecule has 0 saturated heterocycles. The van der Waals surface area contributed by atoms with E-state index in [1.165, 1.54) is 11.1 Å². The van der Waals surface area contributed by atoms with Gasteiger partial charge in [-0.15, -0.1) is 0 Å². The van der Waals surface area contributed by atoms with E-state index in [9.17, 15) is 4.79 Å². The van der Waals surface area contributed by atoms with Gasteiger partial charge in [0, 0.05) is 0 Å². The van der Waals surface area contributed by atoms with Crippen LogP contribution in [0.15, 0.2) is 24.3 Å². The number of carbonyl (C=O) groups is 1. The quantitative estimate of drug-likeness (QED) is 0.884. The maximum absolute atomic E-state index is 10.9. The molecule has 104 valence electrons. The van der Waals surface area contributed by atoms with Crippen LogP contribution in [0.3, 0.4) is 0 Å². The Bertz CT molecular complexity index is 403. The molecule has 0 aromatic heterocycles. The van der Waals surface area contributed by atoms with Gasteiger partial charge in [0.1, 0.15) is 0 Å². The van der Waals surface area contributed by atoms with Crippen LogP contribution in [-0.2, 0) is 22.6 Å². The molecule has 0 amide bonds. The van der Waals surface area contributed by atoms with Crippen molar-refractivity contribution in [3.63, 3.8) is 0 Å². The number of ether oxygens (including phenoxy) is 1. The highest BCUT2D eigenvalue weighted by Gasteiger charge is 2.26. The van der Waals surface area contributed by atoms with Crippen molar-refractivity contribution in [2.24, 2.45) is 5.92 Å². The van der Waals surface area contributed by atoms with Crippen LogP contribution in [0.4, 0.5) is 0 Å². The minimum Gasteiger partial charge on any atom is -0.481 e. The molecule has 1 fully saturated rings. The van der Waals surface area contributed by atoms with E-state index in [4.69, 9.17) is 9.84 Å². The zero-order valence-electron chi connectivity index (χ0n) is 11.5. The number of hydrogen-bond acceptors (Lipinski definition) is 2. The van der Waals surface area contributed by atoms with E-state index >= 15 is 0 Å². The Morgan fingerprint density at radius 1 is 1.16 bits per heavy atom. The number of carboxylic acid groups (broad SMARTS) is 1. The van der Waals surface area contributed by atoms with Gasteiger partial charge in [0.15, 0.2) is 0 Å². The third-order valence-corrected chi connectivity index (χ3v) is 3.94. The Kier molecular flexibility index (Phi) is 4.97. The van der Waals surface area contributed by atoms with Crippen molar-refractivity contribution >= 4 is 5.97 Å². The summed E-state index contributed by atoms with van der Waals surface area (Å²) >= 11 is 0. The summed E-state index contributed by atoms with van der Waals surface area (Å²) in [6.07, 6.45) is 4.50. The zero-order valence-corrected chi connectivity index (χ0v) is 11.5. The number of aryl methyl sites for hydroxylation is 1. The van der Waals surface area contributed by atoms with Crippen LogP contribution in [-0.4, -0.2) is 17.2 Å². The van der Waals surface area contributed by atoms with Crippen LogP contribution in [0.2, 0.25) is 0 Å². The highest BCUT2D eigenvalue weighted by atomic mass is 16.5. The molecule has 1 saturated carbocycles. The third kappa shape index (κ3) is 4.06. The highest BCUT2D eigenvalue weighted by molar-refractivity contribution is 5.70. The van der Waals surface area contributed by atoms with Gasteiger partial charge in [-0.05, 0) is 43.2 Å². The summed E-state index contributed by atoms with van der Waals surface area (Å²) in [5.74, 6) is -0.822. The summed E-state index contributed by atoms with van der Waals surface area (Å²) in [5.41, 5.74) is 2.53. The predicted molar refractivity (Wildman–Crippen MR) is 74.0 cm³/mol. The van der Waals surface area contributed by atoms with Crippen LogP contribution in [0.5, 0.6) is 0 Å². The van der Waals surface area contributed by atoms with Crippen molar-refractivity contribution in [3.8, 4) is 0 Å². The smallest absolute Gasteiger partial charge is 0.306 e. The van der Waals surface area contributed by atoms with Gasteiger partial charge in [0.2, 0.25) is 0 Å². The van der Waals surface area contributed by atoms with Gasteiger partial charge in [-0.25, -0.2) is 0 Å². The summed E-state index contributed by atoms with van der Waals surface area (Å²) in [5, 5.41) is 8.94. The molecule has 0 radical (unpaired) electrons. The van der Waals surface area contributed by atoms with E-state index in [1.54, 1.807) is 0 Å². The molecular formula is C16H22O3. The van der Waals surface area contributed by atoms with E-state index in [0.29, 0.717) is 6.61 Å². The molecule has 0 bridgehead atoms. The highest BCUT2D eigenvalue weighted by Crippen LogP contribution is 2.27. The molecule has 19 heavy (non-hydrogen) atoms. The Hall–Kier alpha value is -1.35. The molecule has 1 N–H and O–H groups in total. The van der Waals surface area contributed by atoms with Gasteiger partial charge < -0.3 is 9.84 Å². The van der Waals surface area contributed by atoms with Crippen LogP contribution in [0.1, 0.15) is 43.7 Å². The van der Waals surface area contributed by atoms with Crippen molar-refractivity contribution < 1.29 is 14.6 Å². The molecule has 3 nitrogen and oxygen atoms in total. The lowest BCUT2D eigenvalue weighted by molar-refractivity contribution is -0.143. The van der Waals surface area contributed by atoms with Crippen molar-refractivity contribution in [1.82, 2.24) is 0 Å². The first kappa shape index (κ1) is 14.1. The number of hydrogen-bond donors (Lipinski definition) is 1. The van der Waals surface area contributed by atoms with Crippen molar-refractivity contribution in [2.75, 3.05) is 0 Å². The van der Waals surface area contributed by atoms with Crippen molar-refractivity contribution in [3.05, 3.63) is 35.4 Å². The maximum Gasteiger partial charge on any atom is 0.306 e. The first-order valence-electron chi connectivity index (χ1n) is 7.11. The van der Waals surface area contributed by atoms with Gasteiger partial charge >= 0.3 is 5.97 Å². The maximum atomic E-state index is 10.9. The molecule has 2 rings (SSSR count). The molecule has 1 aliphatic carbocycles. The second kappa shape index (κ2) is 6.71. The fourth-order valence-corrected chi connectivity index (χ4v) is 2.56. The molecule has 1 aromatic rings. The van der Waals surface area contributed by atoms with Gasteiger partial charge in [-0.2, -0.15) is 0 Å². The van der Waals surface area contributed by atoms with E-state index < -0.39 is 5.97 Å².